The first kappa shape index (κ1) is 14.6. The van der Waals surface area contributed by atoms with Crippen molar-refractivity contribution in [3.63, 3.8) is 0 Å². The number of hydrogen-bond donors (Lipinski definition) is 2. The van der Waals surface area contributed by atoms with Gasteiger partial charge in [-0.1, -0.05) is 13.8 Å². The van der Waals surface area contributed by atoms with Crippen molar-refractivity contribution in [1.82, 2.24) is 25.4 Å². The molecule has 2 N–H and O–H groups in total. The highest BCUT2D eigenvalue weighted by atomic mass is 16.1. The first-order chi connectivity index (χ1) is 8.63. The Balaban J connectivity index is 2.13. The van der Waals surface area contributed by atoms with Crippen molar-refractivity contribution in [3.8, 4) is 0 Å². The van der Waals surface area contributed by atoms with Crippen LogP contribution in [0.1, 0.15) is 33.0 Å². The topological polar surface area (TPSA) is 71.8 Å². The largest absolute Gasteiger partial charge is 0.356 e. The number of aryl methyl sites for hydroxylation is 1. The van der Waals surface area contributed by atoms with Gasteiger partial charge in [-0.05, 0) is 12.8 Å². The van der Waals surface area contributed by atoms with E-state index in [9.17, 15) is 4.79 Å². The Hall–Kier alpha value is -1.43. The van der Waals surface area contributed by atoms with Crippen LogP contribution >= 0.6 is 0 Å². The van der Waals surface area contributed by atoms with E-state index in [1.807, 2.05) is 11.6 Å². The quantitative estimate of drug-likeness (QED) is 0.664. The fourth-order valence-electron chi connectivity index (χ4n) is 1.50. The van der Waals surface area contributed by atoms with Gasteiger partial charge in [0.15, 0.2) is 0 Å². The Labute approximate surface area is 108 Å². The van der Waals surface area contributed by atoms with Gasteiger partial charge in [0.1, 0.15) is 12.2 Å². The maximum atomic E-state index is 11.4. The molecule has 0 saturated carbocycles. The lowest BCUT2D eigenvalue weighted by atomic mass is 10.2. The van der Waals surface area contributed by atoms with Gasteiger partial charge in [-0.3, -0.25) is 4.79 Å². The van der Waals surface area contributed by atoms with E-state index < -0.39 is 0 Å². The molecule has 0 aliphatic heterocycles. The van der Waals surface area contributed by atoms with Gasteiger partial charge in [0.25, 0.3) is 0 Å². The number of nitrogens with zero attached hydrogens (tertiary/aromatic N) is 3. The number of carbonyl (C=O) groups excluding carboxylic acids is 1. The summed E-state index contributed by atoms with van der Waals surface area (Å²) in [5.74, 6) is 1.48. The third kappa shape index (κ3) is 5.27. The van der Waals surface area contributed by atoms with Gasteiger partial charge >= 0.3 is 0 Å². The molecule has 1 aromatic rings. The Bertz CT molecular complexity index is 361. The molecule has 0 saturated heterocycles. The average Bonchev–Trinajstić information content (AvgIpc) is 2.79. The first-order valence-electron chi connectivity index (χ1n) is 6.47. The van der Waals surface area contributed by atoms with Crippen LogP contribution in [0.15, 0.2) is 6.33 Å². The van der Waals surface area contributed by atoms with E-state index in [4.69, 9.17) is 0 Å². The Kier molecular flexibility index (Phi) is 6.35. The molecule has 0 spiro atoms. The van der Waals surface area contributed by atoms with Crippen LogP contribution in [-0.4, -0.2) is 33.8 Å². The van der Waals surface area contributed by atoms with Crippen molar-refractivity contribution in [1.29, 1.82) is 0 Å². The van der Waals surface area contributed by atoms with Crippen LogP contribution in [-0.2, 0) is 17.9 Å². The minimum atomic E-state index is 0.0909. The monoisotopic (exact) mass is 253 g/mol. The molecule has 0 atom stereocenters. The summed E-state index contributed by atoms with van der Waals surface area (Å²) < 4.78 is 1.84. The van der Waals surface area contributed by atoms with E-state index in [-0.39, 0.29) is 5.91 Å². The Morgan fingerprint density at radius 2 is 2.28 bits per heavy atom. The molecule has 0 radical (unpaired) electrons. The van der Waals surface area contributed by atoms with Crippen LogP contribution in [0.4, 0.5) is 0 Å². The second-order valence-corrected chi connectivity index (χ2v) is 4.62. The molecule has 0 fully saturated rings. The smallest absolute Gasteiger partial charge is 0.221 e. The molecule has 1 amide bonds. The van der Waals surface area contributed by atoms with E-state index in [0.717, 1.165) is 18.9 Å². The summed E-state index contributed by atoms with van der Waals surface area (Å²) in [6, 6.07) is 0. The van der Waals surface area contributed by atoms with Crippen molar-refractivity contribution >= 4 is 5.91 Å². The van der Waals surface area contributed by atoms with Gasteiger partial charge in [-0.2, -0.15) is 5.10 Å². The van der Waals surface area contributed by atoms with Gasteiger partial charge < -0.3 is 10.6 Å². The fourth-order valence-corrected chi connectivity index (χ4v) is 1.50. The molecule has 18 heavy (non-hydrogen) atoms. The number of carbonyl (C=O) groups is 1. The van der Waals surface area contributed by atoms with Crippen molar-refractivity contribution in [2.75, 3.05) is 13.1 Å². The van der Waals surface area contributed by atoms with Crippen molar-refractivity contribution in [2.24, 2.45) is 5.92 Å². The molecule has 0 unspecified atom stereocenters. The predicted octanol–water partition coefficient (Wildman–Crippen LogP) is 0.550. The molecule has 1 heterocycles. The minimum Gasteiger partial charge on any atom is -0.356 e. The summed E-state index contributed by atoms with van der Waals surface area (Å²) in [4.78, 5) is 15.6. The van der Waals surface area contributed by atoms with Gasteiger partial charge in [0.2, 0.25) is 5.91 Å². The van der Waals surface area contributed by atoms with Crippen LogP contribution in [0.5, 0.6) is 0 Å². The Morgan fingerprint density at radius 1 is 1.50 bits per heavy atom. The van der Waals surface area contributed by atoms with Crippen molar-refractivity contribution < 1.29 is 4.79 Å². The van der Waals surface area contributed by atoms with Crippen molar-refractivity contribution in [3.05, 3.63) is 12.2 Å². The van der Waals surface area contributed by atoms with Gasteiger partial charge in [-0.25, -0.2) is 9.67 Å². The lowest BCUT2D eigenvalue weighted by molar-refractivity contribution is -0.121. The normalized spacial score (nSPS) is 10.9. The molecule has 0 aromatic carbocycles. The second-order valence-electron chi connectivity index (χ2n) is 4.62. The highest BCUT2D eigenvalue weighted by Crippen LogP contribution is 1.93. The van der Waals surface area contributed by atoms with Gasteiger partial charge in [0, 0.05) is 26.1 Å². The number of amides is 1. The second kappa shape index (κ2) is 7.81. The summed E-state index contributed by atoms with van der Waals surface area (Å²) in [5, 5.41) is 10.2. The lowest BCUT2D eigenvalue weighted by Gasteiger charge is -2.08. The van der Waals surface area contributed by atoms with Crippen molar-refractivity contribution in [2.45, 2.75) is 40.3 Å². The molecule has 0 aliphatic rings. The minimum absolute atomic E-state index is 0.0909. The fraction of sp³-hybridized carbons (Fsp3) is 0.750. The maximum absolute atomic E-state index is 11.4. The van der Waals surface area contributed by atoms with E-state index in [2.05, 4.69) is 34.6 Å². The van der Waals surface area contributed by atoms with Gasteiger partial charge in [0.05, 0.1) is 6.54 Å². The molecule has 6 heteroatoms. The number of rotatable bonds is 8. The summed E-state index contributed by atoms with van der Waals surface area (Å²) in [7, 11) is 0. The van der Waals surface area contributed by atoms with E-state index in [1.165, 1.54) is 0 Å². The number of nitrogens with one attached hydrogen (secondary N) is 2. The molecular formula is C12H23N5O. The average molecular weight is 253 g/mol. The zero-order valence-corrected chi connectivity index (χ0v) is 11.4. The van der Waals surface area contributed by atoms with E-state index in [1.54, 1.807) is 6.33 Å². The van der Waals surface area contributed by atoms with E-state index >= 15 is 0 Å². The molecule has 0 aliphatic carbocycles. The maximum Gasteiger partial charge on any atom is 0.221 e. The van der Waals surface area contributed by atoms with Crippen LogP contribution in [0.2, 0.25) is 0 Å². The molecule has 102 valence electrons. The zero-order valence-electron chi connectivity index (χ0n) is 11.4. The molecule has 1 aromatic heterocycles. The third-order valence-corrected chi connectivity index (χ3v) is 2.51. The standard InChI is InChI=1S/C12H23N5O/c1-4-17-11(15-9-16-17)8-13-6-5-12(18)14-7-10(2)3/h9-10,13H,4-8H2,1-3H3,(H,14,18). The SMILES string of the molecule is CCn1ncnc1CNCCC(=O)NCC(C)C. The van der Waals surface area contributed by atoms with E-state index in [0.29, 0.717) is 25.4 Å². The molecule has 6 nitrogen and oxygen atoms in total. The molecule has 0 bridgehead atoms. The number of aromatic nitrogens is 3. The third-order valence-electron chi connectivity index (χ3n) is 2.51. The molecule has 1 rings (SSSR count). The first-order valence-corrected chi connectivity index (χ1v) is 6.47. The van der Waals surface area contributed by atoms with Crippen LogP contribution in [0, 0.1) is 5.92 Å². The predicted molar refractivity (Wildman–Crippen MR) is 69.9 cm³/mol. The summed E-state index contributed by atoms with van der Waals surface area (Å²) in [5.41, 5.74) is 0. The zero-order chi connectivity index (χ0) is 13.4. The number of hydrogen-bond acceptors (Lipinski definition) is 4. The van der Waals surface area contributed by atoms with Gasteiger partial charge in [-0.15, -0.1) is 0 Å². The molecular weight excluding hydrogens is 230 g/mol. The lowest BCUT2D eigenvalue weighted by Crippen LogP contribution is -2.30. The highest BCUT2D eigenvalue weighted by Gasteiger charge is 2.04. The van der Waals surface area contributed by atoms with Crippen LogP contribution in [0.3, 0.4) is 0 Å². The van der Waals surface area contributed by atoms with Crippen LogP contribution < -0.4 is 10.6 Å². The summed E-state index contributed by atoms with van der Waals surface area (Å²) >= 11 is 0. The summed E-state index contributed by atoms with van der Waals surface area (Å²) in [6.45, 7) is 9.03. The summed E-state index contributed by atoms with van der Waals surface area (Å²) in [6.07, 6.45) is 2.04. The Morgan fingerprint density at radius 3 is 2.94 bits per heavy atom. The van der Waals surface area contributed by atoms with Crippen LogP contribution in [0.25, 0.3) is 0 Å². The highest BCUT2D eigenvalue weighted by molar-refractivity contribution is 5.76.